The summed E-state index contributed by atoms with van der Waals surface area (Å²) >= 11 is 2.99. The number of aliphatic imine (C=N–C) groups is 1. The van der Waals surface area contributed by atoms with Gasteiger partial charge in [0.2, 0.25) is 0 Å². The van der Waals surface area contributed by atoms with Crippen molar-refractivity contribution >= 4 is 46.0 Å². The Hall–Kier alpha value is -3.47. The zero-order chi connectivity index (χ0) is 22.1. The number of amides is 1. The van der Waals surface area contributed by atoms with Gasteiger partial charge in [0.25, 0.3) is 5.91 Å². The van der Waals surface area contributed by atoms with Crippen molar-refractivity contribution in [2.45, 2.75) is 11.4 Å². The van der Waals surface area contributed by atoms with Crippen LogP contribution in [0.25, 0.3) is 0 Å². The standard InChI is InChI=1S/C25H18N4OS2/c1-28-20-12-5-6-13-21(20)31-24(28)22-23(30)29(16-17-8-3-2-4-9-17)25(32-22)27-19-11-7-10-18(14-19)15-26/h2-14H,16H2,1H3. The fraction of sp³-hybridized carbons (Fsp3) is 0.0800. The Kier molecular flexibility index (Phi) is 5.48. The van der Waals surface area contributed by atoms with Gasteiger partial charge in [0.1, 0.15) is 4.91 Å². The third kappa shape index (κ3) is 3.79. The van der Waals surface area contributed by atoms with E-state index < -0.39 is 0 Å². The first-order valence-electron chi connectivity index (χ1n) is 10.0. The second-order valence-electron chi connectivity index (χ2n) is 7.30. The molecule has 3 aromatic rings. The molecular formula is C25H18N4OS2. The number of carbonyl (C=O) groups is 1. The number of nitriles is 1. The predicted octanol–water partition coefficient (Wildman–Crippen LogP) is 5.73. The summed E-state index contributed by atoms with van der Waals surface area (Å²) in [5.41, 5.74) is 3.31. The molecule has 5 nitrogen and oxygen atoms in total. The number of anilines is 1. The molecule has 3 aromatic carbocycles. The first-order valence-corrected chi connectivity index (χ1v) is 11.6. The van der Waals surface area contributed by atoms with Gasteiger partial charge in [-0.1, -0.05) is 60.3 Å². The van der Waals surface area contributed by atoms with Gasteiger partial charge in [-0.25, -0.2) is 4.99 Å². The Labute approximate surface area is 195 Å². The highest BCUT2D eigenvalue weighted by molar-refractivity contribution is 8.19. The fourth-order valence-electron chi connectivity index (χ4n) is 3.58. The summed E-state index contributed by atoms with van der Waals surface area (Å²) in [6, 6.07) is 27.3. The van der Waals surface area contributed by atoms with Crippen molar-refractivity contribution in [1.29, 1.82) is 5.26 Å². The molecule has 5 rings (SSSR count). The van der Waals surface area contributed by atoms with Crippen molar-refractivity contribution in [3.8, 4) is 6.07 Å². The lowest BCUT2D eigenvalue weighted by molar-refractivity contribution is -0.122. The van der Waals surface area contributed by atoms with E-state index in [9.17, 15) is 10.1 Å². The number of fused-ring (bicyclic) bond motifs is 1. The van der Waals surface area contributed by atoms with Crippen molar-refractivity contribution in [1.82, 2.24) is 4.90 Å². The molecule has 0 atom stereocenters. The fourth-order valence-corrected chi connectivity index (χ4v) is 5.92. The van der Waals surface area contributed by atoms with Gasteiger partial charge in [-0.3, -0.25) is 9.69 Å². The maximum Gasteiger partial charge on any atom is 0.269 e. The predicted molar refractivity (Wildman–Crippen MR) is 131 cm³/mol. The summed E-state index contributed by atoms with van der Waals surface area (Å²) in [4.78, 5) is 23.9. The van der Waals surface area contributed by atoms with Crippen LogP contribution < -0.4 is 4.90 Å². The number of amidine groups is 1. The third-order valence-corrected chi connectivity index (χ3v) is 7.61. The minimum absolute atomic E-state index is 0.0591. The van der Waals surface area contributed by atoms with Crippen LogP contribution in [0.1, 0.15) is 11.1 Å². The van der Waals surface area contributed by atoms with Crippen LogP contribution in [0.4, 0.5) is 11.4 Å². The maximum atomic E-state index is 13.6. The van der Waals surface area contributed by atoms with E-state index in [1.165, 1.54) is 11.8 Å². The van der Waals surface area contributed by atoms with Crippen LogP contribution in [0.15, 0.2) is 98.7 Å². The number of para-hydroxylation sites is 1. The van der Waals surface area contributed by atoms with E-state index in [1.807, 2.05) is 55.6 Å². The molecular weight excluding hydrogens is 436 g/mol. The van der Waals surface area contributed by atoms with Crippen LogP contribution in [0.3, 0.4) is 0 Å². The van der Waals surface area contributed by atoms with Gasteiger partial charge in [0, 0.05) is 11.9 Å². The van der Waals surface area contributed by atoms with Gasteiger partial charge < -0.3 is 4.90 Å². The van der Waals surface area contributed by atoms with Crippen LogP contribution in [0.2, 0.25) is 0 Å². The molecule has 0 unspecified atom stereocenters. The number of benzene rings is 3. The molecule has 7 heteroatoms. The van der Waals surface area contributed by atoms with Crippen molar-refractivity contribution in [3.05, 3.63) is 99.9 Å². The molecule has 0 spiro atoms. The van der Waals surface area contributed by atoms with Crippen LogP contribution in [0.5, 0.6) is 0 Å². The number of thioether (sulfide) groups is 2. The molecule has 2 heterocycles. The van der Waals surface area contributed by atoms with Crippen LogP contribution in [0, 0.1) is 11.3 Å². The lowest BCUT2D eigenvalue weighted by atomic mass is 10.2. The van der Waals surface area contributed by atoms with Gasteiger partial charge >= 0.3 is 0 Å². The molecule has 0 aliphatic carbocycles. The zero-order valence-corrected chi connectivity index (χ0v) is 18.9. The van der Waals surface area contributed by atoms with Crippen molar-refractivity contribution < 1.29 is 4.79 Å². The molecule has 0 N–H and O–H groups in total. The monoisotopic (exact) mass is 454 g/mol. The molecule has 1 fully saturated rings. The average molecular weight is 455 g/mol. The lowest BCUT2D eigenvalue weighted by Crippen LogP contribution is -2.29. The molecule has 1 saturated heterocycles. The summed E-state index contributed by atoms with van der Waals surface area (Å²) in [5.74, 6) is -0.0591. The summed E-state index contributed by atoms with van der Waals surface area (Å²) in [6.07, 6.45) is 0. The molecule has 2 aliphatic rings. The normalized spacial score (nSPS) is 18.9. The Morgan fingerprint density at radius 2 is 1.75 bits per heavy atom. The summed E-state index contributed by atoms with van der Waals surface area (Å²) < 4.78 is 0. The highest BCUT2D eigenvalue weighted by Crippen LogP contribution is 2.50. The third-order valence-electron chi connectivity index (χ3n) is 5.18. The van der Waals surface area contributed by atoms with E-state index in [4.69, 9.17) is 4.99 Å². The van der Waals surface area contributed by atoms with E-state index >= 15 is 0 Å². The van der Waals surface area contributed by atoms with E-state index in [-0.39, 0.29) is 5.91 Å². The van der Waals surface area contributed by atoms with Gasteiger partial charge in [0.05, 0.1) is 34.6 Å². The van der Waals surface area contributed by atoms with E-state index in [2.05, 4.69) is 23.1 Å². The second kappa shape index (κ2) is 8.58. The molecule has 0 bridgehead atoms. The highest BCUT2D eigenvalue weighted by Gasteiger charge is 2.39. The molecule has 0 saturated carbocycles. The minimum Gasteiger partial charge on any atom is -0.337 e. The Morgan fingerprint density at radius 3 is 2.53 bits per heavy atom. The Morgan fingerprint density at radius 1 is 0.969 bits per heavy atom. The first-order chi connectivity index (χ1) is 15.6. The number of hydrogen-bond acceptors (Lipinski definition) is 6. The topological polar surface area (TPSA) is 59.7 Å². The first kappa shape index (κ1) is 20.4. The maximum absolute atomic E-state index is 13.6. The number of nitrogens with zero attached hydrogens (tertiary/aromatic N) is 4. The van der Waals surface area contributed by atoms with Crippen molar-refractivity contribution in [3.63, 3.8) is 0 Å². The van der Waals surface area contributed by atoms with Crippen LogP contribution in [-0.4, -0.2) is 23.0 Å². The summed E-state index contributed by atoms with van der Waals surface area (Å²) in [7, 11) is 1.99. The zero-order valence-electron chi connectivity index (χ0n) is 17.2. The molecule has 2 aliphatic heterocycles. The van der Waals surface area contributed by atoms with Crippen LogP contribution in [-0.2, 0) is 11.3 Å². The quantitative estimate of drug-likeness (QED) is 0.473. The Bertz CT molecular complexity index is 1310. The molecule has 1 amide bonds. The average Bonchev–Trinajstić information content (AvgIpc) is 3.31. The highest BCUT2D eigenvalue weighted by atomic mass is 32.2. The van der Waals surface area contributed by atoms with E-state index in [0.717, 1.165) is 21.2 Å². The lowest BCUT2D eigenvalue weighted by Gasteiger charge is -2.16. The smallest absolute Gasteiger partial charge is 0.269 e. The van der Waals surface area contributed by atoms with Gasteiger partial charge in [-0.05, 0) is 47.7 Å². The Balaban J connectivity index is 1.56. The van der Waals surface area contributed by atoms with Gasteiger partial charge in [-0.15, -0.1) is 0 Å². The number of rotatable bonds is 3. The number of hydrogen-bond donors (Lipinski definition) is 0. The van der Waals surface area contributed by atoms with Crippen LogP contribution >= 0.6 is 23.5 Å². The van der Waals surface area contributed by atoms with Crippen molar-refractivity contribution in [2.75, 3.05) is 11.9 Å². The van der Waals surface area contributed by atoms with E-state index in [1.54, 1.807) is 34.9 Å². The summed E-state index contributed by atoms with van der Waals surface area (Å²) in [6.45, 7) is 0.432. The SMILES string of the molecule is CN1C(=C2SC(=Nc3cccc(C#N)c3)N(Cc3ccccc3)C2=O)Sc2ccccc21. The molecule has 156 valence electrons. The minimum atomic E-state index is -0.0591. The summed E-state index contributed by atoms with van der Waals surface area (Å²) in [5, 5.41) is 10.8. The molecule has 0 radical (unpaired) electrons. The van der Waals surface area contributed by atoms with Gasteiger partial charge in [0.15, 0.2) is 5.17 Å². The van der Waals surface area contributed by atoms with E-state index in [0.29, 0.717) is 27.9 Å². The molecule has 0 aromatic heterocycles. The molecule has 32 heavy (non-hydrogen) atoms. The largest absolute Gasteiger partial charge is 0.337 e. The second-order valence-corrected chi connectivity index (χ2v) is 9.31. The van der Waals surface area contributed by atoms with Gasteiger partial charge in [-0.2, -0.15) is 5.26 Å². The number of carbonyl (C=O) groups excluding carboxylic acids is 1. The van der Waals surface area contributed by atoms with Crippen molar-refractivity contribution in [2.24, 2.45) is 4.99 Å².